The van der Waals surface area contributed by atoms with Gasteiger partial charge >= 0.3 is 11.9 Å². The molecule has 5 unspecified atom stereocenters. The summed E-state index contributed by atoms with van der Waals surface area (Å²) < 4.78 is 15.2. The summed E-state index contributed by atoms with van der Waals surface area (Å²) in [6, 6.07) is 14.2. The van der Waals surface area contributed by atoms with Crippen LogP contribution in [0.15, 0.2) is 48.5 Å². The second kappa shape index (κ2) is 10.3. The first-order valence-corrected chi connectivity index (χ1v) is 20.2. The Balaban J connectivity index is 1.11. The number of hydrogen-bond acceptors (Lipinski definition) is 4. The van der Waals surface area contributed by atoms with Gasteiger partial charge in [0, 0.05) is 5.92 Å². The van der Waals surface area contributed by atoms with Crippen LogP contribution in [0, 0.1) is 75.4 Å². The molecule has 6 nitrogen and oxygen atoms in total. The zero-order valence-corrected chi connectivity index (χ0v) is 29.2. The summed E-state index contributed by atoms with van der Waals surface area (Å²) in [6.07, 6.45) is 21.5. The minimum atomic E-state index is -0.931. The molecular weight excluding hydrogens is 624 g/mol. The molecule has 264 valence electrons. The van der Waals surface area contributed by atoms with Gasteiger partial charge in [-0.3, -0.25) is 0 Å². The number of hydrogen-bond donors (Lipinski definition) is 2. The molecule has 0 spiro atoms. The van der Waals surface area contributed by atoms with Crippen LogP contribution in [0.4, 0.5) is 0 Å². The molecule has 0 aromatic heterocycles. The van der Waals surface area contributed by atoms with Gasteiger partial charge in [0.1, 0.15) is 11.5 Å². The molecule has 12 saturated carbocycles. The topological polar surface area (TPSA) is 93.1 Å². The largest absolute Gasteiger partial charge is 0.478 e. The number of carboxylic acids is 2. The van der Waals surface area contributed by atoms with Gasteiger partial charge in [-0.1, -0.05) is 0 Å². The maximum Gasteiger partial charge on any atom is 0.335 e. The minimum Gasteiger partial charge on any atom is -0.478 e. The Bertz CT molecular complexity index is 1600. The van der Waals surface area contributed by atoms with Crippen molar-refractivity contribution < 1.29 is 29.3 Å². The first-order chi connectivity index (χ1) is 24.1. The fourth-order valence-corrected chi connectivity index (χ4v) is 17.1. The van der Waals surface area contributed by atoms with Crippen LogP contribution in [0.1, 0.15) is 123 Å². The van der Waals surface area contributed by atoms with Crippen LogP contribution in [0.2, 0.25) is 0 Å². The van der Waals surface area contributed by atoms with E-state index in [2.05, 4.69) is 0 Å². The third-order valence-corrected chi connectivity index (χ3v) is 17.1. The standard InChI is InChI=1S/C44H52O6/c45-39(46)32-1-5-36(6-2-32)49-44(50-37-7-3-33(4-8-37)40(47)48)35-16-30-13-31(17-35)24-43(44,23-30)42-21-28-12-29(22-42)15-34(14-28)38(42)41-18-25-9-26(19-41)11-27(10-25)20-41/h1-8,25-31,34-35,38H,9-24H2,(H,45,46)(H,47,48). The highest BCUT2D eigenvalue weighted by molar-refractivity contribution is 5.88. The number of ether oxygens (including phenoxy) is 2. The van der Waals surface area contributed by atoms with Crippen molar-refractivity contribution in [2.45, 2.75) is 109 Å². The van der Waals surface area contributed by atoms with Crippen LogP contribution in [0.5, 0.6) is 11.5 Å². The summed E-state index contributed by atoms with van der Waals surface area (Å²) in [6.45, 7) is 0. The average molecular weight is 677 g/mol. The van der Waals surface area contributed by atoms with Crippen molar-refractivity contribution in [2.75, 3.05) is 0 Å². The van der Waals surface area contributed by atoms with Gasteiger partial charge in [-0.05, 0) is 215 Å². The smallest absolute Gasteiger partial charge is 0.335 e. The van der Waals surface area contributed by atoms with Gasteiger partial charge in [0.15, 0.2) is 0 Å². The van der Waals surface area contributed by atoms with Crippen molar-refractivity contribution >= 4 is 11.9 Å². The Morgan fingerprint density at radius 2 is 0.920 bits per heavy atom. The van der Waals surface area contributed by atoms with E-state index in [1.807, 2.05) is 24.3 Å². The highest BCUT2D eigenvalue weighted by Gasteiger charge is 2.81. The molecule has 0 heterocycles. The lowest BCUT2D eigenvalue weighted by molar-refractivity contribution is -0.379. The number of aromatic carboxylic acids is 2. The summed E-state index contributed by atoms with van der Waals surface area (Å²) in [5.41, 5.74) is 0.980. The van der Waals surface area contributed by atoms with Crippen molar-refractivity contribution in [3.63, 3.8) is 0 Å². The van der Waals surface area contributed by atoms with Crippen LogP contribution >= 0.6 is 0 Å². The van der Waals surface area contributed by atoms with Gasteiger partial charge in [-0.25, -0.2) is 9.59 Å². The van der Waals surface area contributed by atoms with Crippen molar-refractivity contribution in [2.24, 2.45) is 75.4 Å². The summed E-state index contributed by atoms with van der Waals surface area (Å²) in [5.74, 6) is 6.15. The van der Waals surface area contributed by atoms with Gasteiger partial charge in [-0.2, -0.15) is 0 Å². The Morgan fingerprint density at radius 3 is 1.34 bits per heavy atom. The molecular formula is C44H52O6. The molecule has 50 heavy (non-hydrogen) atoms. The highest BCUT2D eigenvalue weighted by Crippen LogP contribution is 2.83. The Hall–Kier alpha value is -3.02. The molecule has 0 aliphatic heterocycles. The fourth-order valence-electron chi connectivity index (χ4n) is 17.1. The summed E-state index contributed by atoms with van der Waals surface area (Å²) in [5, 5.41) is 19.5. The second-order valence-electron chi connectivity index (χ2n) is 19.7. The molecule has 12 fully saturated rings. The molecule has 14 rings (SSSR count). The first kappa shape index (κ1) is 30.6. The number of carboxylic acid groups (broad SMARTS) is 2. The molecule has 0 amide bonds. The number of benzene rings is 2. The van der Waals surface area contributed by atoms with E-state index >= 15 is 0 Å². The summed E-state index contributed by atoms with van der Waals surface area (Å²) in [4.78, 5) is 23.8. The lowest BCUT2D eigenvalue weighted by Crippen LogP contribution is -2.79. The molecule has 2 aromatic rings. The SMILES string of the molecule is O=C(O)c1ccc(OC2(Oc3ccc(C(=O)O)cc3)C3CC4CC(C3)CC2(C23CC5CC(CC(C5)C2C25CC6CC(CC(C6)C2)C5)C3)C4)cc1. The van der Waals surface area contributed by atoms with Crippen LogP contribution < -0.4 is 9.47 Å². The van der Waals surface area contributed by atoms with Crippen LogP contribution in [0.25, 0.3) is 0 Å². The van der Waals surface area contributed by atoms with E-state index in [1.54, 1.807) is 24.3 Å². The molecule has 12 aliphatic carbocycles. The predicted octanol–water partition coefficient (Wildman–Crippen LogP) is 9.72. The lowest BCUT2D eigenvalue weighted by Gasteiger charge is -2.79. The second-order valence-corrected chi connectivity index (χ2v) is 19.7. The molecule has 5 atom stereocenters. The predicted molar refractivity (Wildman–Crippen MR) is 187 cm³/mol. The van der Waals surface area contributed by atoms with E-state index in [1.165, 1.54) is 77.0 Å². The van der Waals surface area contributed by atoms with Gasteiger partial charge in [0.2, 0.25) is 0 Å². The number of rotatable bonds is 8. The van der Waals surface area contributed by atoms with Gasteiger partial charge in [0.25, 0.3) is 5.79 Å². The highest BCUT2D eigenvalue weighted by atomic mass is 16.7. The normalized spacial score (nSPS) is 46.6. The molecule has 2 aromatic carbocycles. The van der Waals surface area contributed by atoms with E-state index in [4.69, 9.17) is 9.47 Å². The molecule has 12 bridgehead atoms. The maximum atomic E-state index is 11.9. The lowest BCUT2D eigenvalue weighted by atomic mass is 9.27. The zero-order chi connectivity index (χ0) is 33.6. The Morgan fingerprint density at radius 1 is 0.520 bits per heavy atom. The van der Waals surface area contributed by atoms with Gasteiger partial charge in [0.05, 0.1) is 16.5 Å². The van der Waals surface area contributed by atoms with Crippen molar-refractivity contribution in [3.05, 3.63) is 59.7 Å². The minimum absolute atomic E-state index is 0.157. The van der Waals surface area contributed by atoms with E-state index in [0.717, 1.165) is 67.1 Å². The van der Waals surface area contributed by atoms with Crippen LogP contribution in [-0.2, 0) is 0 Å². The molecule has 12 aliphatic rings. The van der Waals surface area contributed by atoms with Crippen molar-refractivity contribution in [1.29, 1.82) is 0 Å². The van der Waals surface area contributed by atoms with Crippen molar-refractivity contribution in [1.82, 2.24) is 0 Å². The first-order valence-electron chi connectivity index (χ1n) is 20.2. The van der Waals surface area contributed by atoms with E-state index in [9.17, 15) is 19.8 Å². The third kappa shape index (κ3) is 4.08. The van der Waals surface area contributed by atoms with E-state index < -0.39 is 17.7 Å². The van der Waals surface area contributed by atoms with E-state index in [-0.39, 0.29) is 27.9 Å². The third-order valence-electron chi connectivity index (χ3n) is 17.1. The van der Waals surface area contributed by atoms with Gasteiger partial charge < -0.3 is 19.7 Å². The molecule has 0 radical (unpaired) electrons. The quantitative estimate of drug-likeness (QED) is 0.271. The van der Waals surface area contributed by atoms with Crippen LogP contribution in [-0.4, -0.2) is 27.9 Å². The molecule has 6 heteroatoms. The molecule has 2 N–H and O–H groups in total. The Kier molecular flexibility index (Phi) is 6.31. The molecule has 0 saturated heterocycles. The summed E-state index contributed by atoms with van der Waals surface area (Å²) >= 11 is 0. The number of carbonyl (C=O) groups is 2. The maximum absolute atomic E-state index is 11.9. The fraction of sp³-hybridized carbons (Fsp3) is 0.682. The van der Waals surface area contributed by atoms with E-state index in [0.29, 0.717) is 28.7 Å². The zero-order valence-electron chi connectivity index (χ0n) is 29.2. The monoisotopic (exact) mass is 676 g/mol. The Labute approximate surface area is 295 Å². The van der Waals surface area contributed by atoms with Gasteiger partial charge in [-0.15, -0.1) is 0 Å². The summed E-state index contributed by atoms with van der Waals surface area (Å²) in [7, 11) is 0. The van der Waals surface area contributed by atoms with Crippen molar-refractivity contribution in [3.8, 4) is 11.5 Å². The average Bonchev–Trinajstić information content (AvgIpc) is 3.06. The van der Waals surface area contributed by atoms with Crippen LogP contribution in [0.3, 0.4) is 0 Å².